The summed E-state index contributed by atoms with van der Waals surface area (Å²) >= 11 is 0. The van der Waals surface area contributed by atoms with Gasteiger partial charge in [-0.05, 0) is 0 Å². The molecule has 4 N–H and O–H groups in total. The zero-order valence-corrected chi connectivity index (χ0v) is 9.49. The van der Waals surface area contributed by atoms with E-state index in [9.17, 15) is 19.7 Å². The molecule has 0 spiro atoms. The Kier molecular flexibility index (Phi) is 3.20. The topological polar surface area (TPSA) is 156 Å². The highest BCUT2D eigenvalue weighted by Crippen LogP contribution is 2.31. The Morgan fingerprint density at radius 1 is 1.37 bits per heavy atom. The van der Waals surface area contributed by atoms with E-state index in [1.807, 2.05) is 0 Å². The van der Waals surface area contributed by atoms with E-state index in [4.69, 9.17) is 5.84 Å². The van der Waals surface area contributed by atoms with Gasteiger partial charge >= 0.3 is 5.69 Å². The Morgan fingerprint density at radius 3 is 2.53 bits per heavy atom. The van der Waals surface area contributed by atoms with Crippen LogP contribution in [0.25, 0.3) is 0 Å². The van der Waals surface area contributed by atoms with Crippen molar-refractivity contribution in [2.75, 3.05) is 23.4 Å². The minimum atomic E-state index is -0.735. The molecule has 11 nitrogen and oxygen atoms in total. The SMILES string of the molecule is NNc1ncnc(N2CC(=O)NC(=O)C2)c1[N+](=O)[O-]. The lowest BCUT2D eigenvalue weighted by molar-refractivity contribution is -0.383. The minimum Gasteiger partial charge on any atom is -0.332 e. The molecule has 0 bridgehead atoms. The number of nitrogens with two attached hydrogens (primary N) is 1. The van der Waals surface area contributed by atoms with Gasteiger partial charge in [0, 0.05) is 0 Å². The number of imide groups is 1. The first-order chi connectivity index (χ1) is 9.02. The summed E-state index contributed by atoms with van der Waals surface area (Å²) in [5.74, 6) is 3.66. The maximum atomic E-state index is 11.3. The minimum absolute atomic E-state index is 0.142. The number of carbonyl (C=O) groups excluding carboxylic acids is 2. The zero-order valence-electron chi connectivity index (χ0n) is 9.49. The number of anilines is 2. The number of nitrogens with one attached hydrogen (secondary N) is 2. The molecule has 1 aromatic heterocycles. The van der Waals surface area contributed by atoms with E-state index >= 15 is 0 Å². The molecule has 1 fully saturated rings. The smallest absolute Gasteiger partial charge is 0.332 e. The van der Waals surface area contributed by atoms with Crippen LogP contribution in [0.4, 0.5) is 17.3 Å². The van der Waals surface area contributed by atoms with Crippen molar-refractivity contribution in [2.24, 2.45) is 5.84 Å². The van der Waals surface area contributed by atoms with Crippen LogP contribution in [0.5, 0.6) is 0 Å². The van der Waals surface area contributed by atoms with E-state index in [1.54, 1.807) is 0 Å². The Labute approximate surface area is 105 Å². The molecule has 19 heavy (non-hydrogen) atoms. The van der Waals surface area contributed by atoms with Gasteiger partial charge in [0.05, 0.1) is 18.0 Å². The highest BCUT2D eigenvalue weighted by atomic mass is 16.6. The molecule has 1 aromatic rings. The van der Waals surface area contributed by atoms with E-state index in [2.05, 4.69) is 20.7 Å². The average Bonchev–Trinajstić information content (AvgIpc) is 2.36. The van der Waals surface area contributed by atoms with Crippen molar-refractivity contribution in [3.05, 3.63) is 16.4 Å². The zero-order chi connectivity index (χ0) is 14.0. The summed E-state index contributed by atoms with van der Waals surface area (Å²) in [6, 6.07) is 0. The van der Waals surface area contributed by atoms with Gasteiger partial charge in [-0.3, -0.25) is 25.0 Å². The number of piperazine rings is 1. The van der Waals surface area contributed by atoms with Crippen molar-refractivity contribution in [1.82, 2.24) is 15.3 Å². The number of amides is 2. The lowest BCUT2D eigenvalue weighted by Crippen LogP contribution is -2.52. The summed E-state index contributed by atoms with van der Waals surface area (Å²) in [4.78, 5) is 41.4. The number of hydrogen-bond acceptors (Lipinski definition) is 9. The Morgan fingerprint density at radius 2 is 2.00 bits per heavy atom. The summed E-state index contributed by atoms with van der Waals surface area (Å²) in [6.45, 7) is -0.429. The van der Waals surface area contributed by atoms with Crippen LogP contribution in [0, 0.1) is 10.1 Å². The van der Waals surface area contributed by atoms with Crippen LogP contribution in [0.15, 0.2) is 6.33 Å². The second kappa shape index (κ2) is 4.81. The van der Waals surface area contributed by atoms with Crippen LogP contribution in [-0.2, 0) is 9.59 Å². The maximum absolute atomic E-state index is 11.3. The maximum Gasteiger partial charge on any atom is 0.354 e. The number of carbonyl (C=O) groups is 2. The highest BCUT2D eigenvalue weighted by Gasteiger charge is 2.31. The van der Waals surface area contributed by atoms with Crippen LogP contribution >= 0.6 is 0 Å². The average molecular weight is 267 g/mol. The van der Waals surface area contributed by atoms with Gasteiger partial charge in [-0.2, -0.15) is 0 Å². The first-order valence-corrected chi connectivity index (χ1v) is 5.06. The van der Waals surface area contributed by atoms with Crippen LogP contribution in [0.3, 0.4) is 0 Å². The number of hydrazine groups is 1. The molecular formula is C8H9N7O4. The van der Waals surface area contributed by atoms with Crippen molar-refractivity contribution in [2.45, 2.75) is 0 Å². The van der Waals surface area contributed by atoms with Gasteiger partial charge in [0.25, 0.3) is 0 Å². The summed E-state index contributed by atoms with van der Waals surface area (Å²) < 4.78 is 0. The highest BCUT2D eigenvalue weighted by molar-refractivity contribution is 6.03. The lowest BCUT2D eigenvalue weighted by Gasteiger charge is -2.25. The van der Waals surface area contributed by atoms with E-state index in [0.29, 0.717) is 0 Å². The van der Waals surface area contributed by atoms with E-state index < -0.39 is 22.4 Å². The van der Waals surface area contributed by atoms with Gasteiger partial charge in [0.1, 0.15) is 6.33 Å². The number of rotatable bonds is 3. The monoisotopic (exact) mass is 267 g/mol. The van der Waals surface area contributed by atoms with Crippen molar-refractivity contribution in [3.8, 4) is 0 Å². The molecule has 1 aliphatic heterocycles. The van der Waals surface area contributed by atoms with Gasteiger partial charge in [0.15, 0.2) is 0 Å². The third-order valence-corrected chi connectivity index (χ3v) is 2.37. The fourth-order valence-electron chi connectivity index (χ4n) is 1.66. The third-order valence-electron chi connectivity index (χ3n) is 2.37. The Bertz CT molecular complexity index is 544. The summed E-state index contributed by atoms with van der Waals surface area (Å²) in [6.07, 6.45) is 1.05. The molecule has 0 aromatic carbocycles. The summed E-state index contributed by atoms with van der Waals surface area (Å²) in [5, 5.41) is 13.1. The number of aromatic nitrogens is 2. The largest absolute Gasteiger partial charge is 0.354 e. The first-order valence-electron chi connectivity index (χ1n) is 5.06. The number of hydrogen-bond donors (Lipinski definition) is 3. The van der Waals surface area contributed by atoms with Crippen molar-refractivity contribution in [3.63, 3.8) is 0 Å². The van der Waals surface area contributed by atoms with Crippen LogP contribution in [0.1, 0.15) is 0 Å². The molecule has 2 rings (SSSR count). The molecule has 1 aliphatic rings. The molecule has 2 amide bonds. The second-order valence-electron chi connectivity index (χ2n) is 3.62. The third kappa shape index (κ3) is 2.40. The molecule has 0 unspecified atom stereocenters. The van der Waals surface area contributed by atoms with Crippen LogP contribution < -0.4 is 21.5 Å². The van der Waals surface area contributed by atoms with Gasteiger partial charge in [0.2, 0.25) is 23.5 Å². The number of nitro groups is 1. The fraction of sp³-hybridized carbons (Fsp3) is 0.250. The number of nitrogen functional groups attached to an aromatic ring is 1. The second-order valence-corrected chi connectivity index (χ2v) is 3.62. The van der Waals surface area contributed by atoms with Gasteiger partial charge in [-0.25, -0.2) is 15.8 Å². The van der Waals surface area contributed by atoms with Crippen molar-refractivity contribution in [1.29, 1.82) is 0 Å². The van der Waals surface area contributed by atoms with Gasteiger partial charge in [-0.15, -0.1) is 0 Å². The van der Waals surface area contributed by atoms with Crippen molar-refractivity contribution >= 4 is 29.1 Å². The lowest BCUT2D eigenvalue weighted by atomic mass is 10.3. The molecule has 0 saturated carbocycles. The number of nitrogens with zero attached hydrogens (tertiary/aromatic N) is 4. The molecule has 0 aliphatic carbocycles. The molecule has 1 saturated heterocycles. The van der Waals surface area contributed by atoms with Crippen LogP contribution in [0.2, 0.25) is 0 Å². The summed E-state index contributed by atoms with van der Waals surface area (Å²) in [7, 11) is 0. The predicted molar refractivity (Wildman–Crippen MR) is 61.9 cm³/mol. The quantitative estimate of drug-likeness (QED) is 0.247. The first kappa shape index (κ1) is 12.6. The van der Waals surface area contributed by atoms with Gasteiger partial charge < -0.3 is 10.3 Å². The Hall–Kier alpha value is -2.82. The van der Waals surface area contributed by atoms with Crippen molar-refractivity contribution < 1.29 is 14.5 Å². The van der Waals surface area contributed by atoms with E-state index in [1.165, 1.54) is 4.90 Å². The molecule has 100 valence electrons. The molecule has 2 heterocycles. The van der Waals surface area contributed by atoms with Crippen LogP contribution in [-0.4, -0.2) is 39.8 Å². The molecule has 11 heteroatoms. The summed E-state index contributed by atoms with van der Waals surface area (Å²) in [5.41, 5.74) is 1.58. The molecular weight excluding hydrogens is 258 g/mol. The molecule has 0 atom stereocenters. The van der Waals surface area contributed by atoms with E-state index in [0.717, 1.165) is 6.33 Å². The predicted octanol–water partition coefficient (Wildman–Crippen LogP) is -1.87. The van der Waals surface area contributed by atoms with Gasteiger partial charge in [-0.1, -0.05) is 0 Å². The fourth-order valence-corrected chi connectivity index (χ4v) is 1.66. The Balaban J connectivity index is 2.46. The van der Waals surface area contributed by atoms with E-state index in [-0.39, 0.29) is 24.7 Å². The normalized spacial score (nSPS) is 15.1. The standard InChI is InChI=1S/C8H9N7O4/c9-13-7-6(15(18)19)8(11-3-10-7)14-1-4(16)12-5(17)2-14/h3H,1-2,9H2,(H,10,11,13)(H,12,16,17). The molecule has 0 radical (unpaired) electrons.